The van der Waals surface area contributed by atoms with E-state index in [1.807, 2.05) is 0 Å². The first kappa shape index (κ1) is 22.5. The maximum atomic E-state index is 12.7. The number of alkyl halides is 3. The number of nitrogens with zero attached hydrogens (tertiary/aromatic N) is 4. The molecule has 0 saturated carbocycles. The molecular weight excluding hydrogens is 433 g/mol. The number of hydrogen-bond donors (Lipinski definition) is 0. The van der Waals surface area contributed by atoms with Gasteiger partial charge in [0, 0.05) is 17.7 Å². The zero-order valence-corrected chi connectivity index (χ0v) is 16.7. The highest BCUT2D eigenvalue weighted by atomic mass is 19.4. The molecule has 0 radical (unpaired) electrons. The molecule has 32 heavy (non-hydrogen) atoms. The molecule has 0 unspecified atom stereocenters. The van der Waals surface area contributed by atoms with E-state index >= 15 is 0 Å². The van der Waals surface area contributed by atoms with Gasteiger partial charge in [-0.3, -0.25) is 9.36 Å². The van der Waals surface area contributed by atoms with Crippen molar-refractivity contribution >= 4 is 11.5 Å². The Morgan fingerprint density at radius 2 is 1.84 bits per heavy atom. The van der Waals surface area contributed by atoms with Crippen molar-refractivity contribution < 1.29 is 32.2 Å². The summed E-state index contributed by atoms with van der Waals surface area (Å²) in [5, 5.41) is 0. The van der Waals surface area contributed by atoms with E-state index in [2.05, 4.69) is 15.0 Å². The van der Waals surface area contributed by atoms with Gasteiger partial charge in [-0.15, -0.1) is 0 Å². The third kappa shape index (κ3) is 4.91. The highest BCUT2D eigenvalue weighted by Crippen LogP contribution is 2.30. The lowest BCUT2D eigenvalue weighted by Crippen LogP contribution is -2.22. The number of carbonyl (C=O) groups excluding carboxylic acids is 1. The fourth-order valence-electron chi connectivity index (χ4n) is 2.59. The lowest BCUT2D eigenvalue weighted by molar-refractivity contribution is -0.141. The number of para-hydroxylation sites is 1. The minimum atomic E-state index is -4.75. The summed E-state index contributed by atoms with van der Waals surface area (Å²) in [5.74, 6) is -0.590. The first-order valence-corrected chi connectivity index (χ1v) is 8.81. The van der Waals surface area contributed by atoms with Crippen molar-refractivity contribution in [2.24, 2.45) is 0 Å². The van der Waals surface area contributed by atoms with Gasteiger partial charge in [0.2, 0.25) is 5.88 Å². The first-order chi connectivity index (χ1) is 15.2. The molecule has 0 aliphatic heterocycles. The molecule has 0 saturated heterocycles. The number of halogens is 3. The minimum Gasteiger partial charge on any atom is -0.503 e. The molecule has 0 spiro atoms. The van der Waals surface area contributed by atoms with Crippen LogP contribution in [0.2, 0.25) is 0 Å². The molecule has 2 heterocycles. The molecule has 0 bridgehead atoms. The van der Waals surface area contributed by atoms with Crippen molar-refractivity contribution in [2.75, 3.05) is 14.2 Å². The van der Waals surface area contributed by atoms with E-state index in [-0.39, 0.29) is 23.0 Å². The van der Waals surface area contributed by atoms with Crippen LogP contribution in [0.4, 0.5) is 13.2 Å². The van der Waals surface area contributed by atoms with Crippen LogP contribution in [0.15, 0.2) is 60.1 Å². The van der Waals surface area contributed by atoms with Gasteiger partial charge in [0.25, 0.3) is 5.56 Å². The van der Waals surface area contributed by atoms with Crippen LogP contribution in [0.5, 0.6) is 11.6 Å². The maximum Gasteiger partial charge on any atom is 0.433 e. The van der Waals surface area contributed by atoms with Gasteiger partial charge in [-0.25, -0.2) is 19.7 Å². The summed E-state index contributed by atoms with van der Waals surface area (Å²) in [6.07, 6.45) is -1.80. The number of carbonyl (C=O) groups is 1. The highest BCUT2D eigenvalue weighted by Gasteiger charge is 2.33. The Labute approximate surface area is 178 Å². The number of esters is 1. The van der Waals surface area contributed by atoms with Gasteiger partial charge < -0.3 is 14.2 Å². The Kier molecular flexibility index (Phi) is 6.52. The number of ether oxygens (including phenoxy) is 3. The average Bonchev–Trinajstić information content (AvgIpc) is 2.77. The molecule has 3 rings (SSSR count). The molecule has 0 fully saturated rings. The van der Waals surface area contributed by atoms with E-state index in [9.17, 15) is 22.8 Å². The van der Waals surface area contributed by atoms with E-state index < -0.39 is 23.4 Å². The molecular formula is C20H15F3N4O5. The van der Waals surface area contributed by atoms with E-state index in [0.29, 0.717) is 18.0 Å². The number of methoxy groups -OCH3 is 2. The lowest BCUT2D eigenvalue weighted by atomic mass is 10.1. The summed E-state index contributed by atoms with van der Waals surface area (Å²) in [6.45, 7) is 0. The van der Waals surface area contributed by atoms with Crippen LogP contribution in [-0.2, 0) is 20.4 Å². The molecule has 3 aromatic rings. The van der Waals surface area contributed by atoms with Crippen molar-refractivity contribution in [3.05, 3.63) is 76.9 Å². The maximum absolute atomic E-state index is 12.7. The molecule has 9 nitrogen and oxygen atoms in total. The second-order valence-electron chi connectivity index (χ2n) is 6.05. The third-order valence-corrected chi connectivity index (χ3v) is 4.01. The molecule has 2 aromatic heterocycles. The molecule has 12 heteroatoms. The van der Waals surface area contributed by atoms with Crippen LogP contribution >= 0.6 is 0 Å². The van der Waals surface area contributed by atoms with Gasteiger partial charge in [-0.05, 0) is 6.07 Å². The van der Waals surface area contributed by atoms with Crippen LogP contribution in [0, 0.1) is 0 Å². The van der Waals surface area contributed by atoms with Gasteiger partial charge in [0.05, 0.1) is 20.5 Å². The van der Waals surface area contributed by atoms with Gasteiger partial charge >= 0.3 is 12.1 Å². The van der Waals surface area contributed by atoms with Crippen LogP contribution < -0.4 is 10.3 Å². The topological polar surface area (TPSA) is 105 Å². The summed E-state index contributed by atoms with van der Waals surface area (Å²) in [4.78, 5) is 35.3. The Morgan fingerprint density at radius 1 is 1.09 bits per heavy atom. The Hall–Kier alpha value is -4.22. The van der Waals surface area contributed by atoms with Gasteiger partial charge in [-0.1, -0.05) is 18.2 Å². The van der Waals surface area contributed by atoms with Crippen molar-refractivity contribution in [1.29, 1.82) is 0 Å². The Morgan fingerprint density at radius 3 is 2.50 bits per heavy atom. The Bertz CT molecular complexity index is 1220. The molecule has 1 aromatic carbocycles. The highest BCUT2D eigenvalue weighted by molar-refractivity contribution is 6.17. The average molecular weight is 448 g/mol. The molecule has 0 aliphatic carbocycles. The van der Waals surface area contributed by atoms with E-state index in [1.54, 1.807) is 24.3 Å². The second-order valence-corrected chi connectivity index (χ2v) is 6.05. The van der Waals surface area contributed by atoms with E-state index in [4.69, 9.17) is 14.2 Å². The SMILES string of the molecule is CO/C=C(/C(=O)OC)c1ccccc1Oc1cc(-n2cnc(C(F)(F)F)cc2=O)ncn1. The monoisotopic (exact) mass is 448 g/mol. The third-order valence-electron chi connectivity index (χ3n) is 4.01. The standard InChI is InChI=1S/C20H15F3N4O5/c1-30-9-13(19(29)31-2)12-5-3-4-6-14(12)32-17-8-16(24-10-25-17)27-11-26-15(7-18(27)28)20(21,22)23/h3-11H,1-2H3/b13-9+. The number of benzene rings is 1. The van der Waals surface area contributed by atoms with Crippen LogP contribution in [0.1, 0.15) is 11.3 Å². The molecule has 166 valence electrons. The fourth-order valence-corrected chi connectivity index (χ4v) is 2.59. The fraction of sp³-hybridized carbons (Fsp3) is 0.150. The first-order valence-electron chi connectivity index (χ1n) is 8.81. The van der Waals surface area contributed by atoms with E-state index in [1.165, 1.54) is 26.5 Å². The van der Waals surface area contributed by atoms with Gasteiger partial charge in [0.1, 0.15) is 29.8 Å². The lowest BCUT2D eigenvalue weighted by Gasteiger charge is -2.13. The summed E-state index contributed by atoms with van der Waals surface area (Å²) in [5.41, 5.74) is -1.91. The van der Waals surface area contributed by atoms with E-state index in [0.717, 1.165) is 10.9 Å². The number of rotatable bonds is 6. The number of aromatic nitrogens is 4. The normalized spacial score (nSPS) is 11.7. The van der Waals surface area contributed by atoms with Crippen LogP contribution in [-0.4, -0.2) is 39.7 Å². The Balaban J connectivity index is 1.97. The largest absolute Gasteiger partial charge is 0.503 e. The minimum absolute atomic E-state index is 0.0455. The van der Waals surface area contributed by atoms with Crippen molar-refractivity contribution in [3.63, 3.8) is 0 Å². The molecule has 0 aliphatic rings. The smallest absolute Gasteiger partial charge is 0.433 e. The van der Waals surface area contributed by atoms with Crippen LogP contribution in [0.3, 0.4) is 0 Å². The number of hydrogen-bond acceptors (Lipinski definition) is 8. The van der Waals surface area contributed by atoms with Crippen molar-refractivity contribution in [3.8, 4) is 17.4 Å². The zero-order chi connectivity index (χ0) is 23.3. The predicted molar refractivity (Wildman–Crippen MR) is 104 cm³/mol. The summed E-state index contributed by atoms with van der Waals surface area (Å²) < 4.78 is 54.5. The quantitative estimate of drug-likeness (QED) is 0.322. The van der Waals surface area contributed by atoms with Crippen molar-refractivity contribution in [1.82, 2.24) is 19.5 Å². The summed E-state index contributed by atoms with van der Waals surface area (Å²) in [7, 11) is 2.57. The van der Waals surface area contributed by atoms with Crippen LogP contribution in [0.25, 0.3) is 11.4 Å². The predicted octanol–water partition coefficient (Wildman–Crippen LogP) is 2.99. The molecule has 0 N–H and O–H groups in total. The van der Waals surface area contributed by atoms with Gasteiger partial charge in [0.15, 0.2) is 5.69 Å². The zero-order valence-electron chi connectivity index (χ0n) is 16.7. The van der Waals surface area contributed by atoms with Gasteiger partial charge in [-0.2, -0.15) is 13.2 Å². The second kappa shape index (κ2) is 9.29. The molecule has 0 atom stereocenters. The van der Waals surface area contributed by atoms with Crippen molar-refractivity contribution in [2.45, 2.75) is 6.18 Å². The molecule has 0 amide bonds. The summed E-state index contributed by atoms with van der Waals surface area (Å²) >= 11 is 0. The summed E-state index contributed by atoms with van der Waals surface area (Å²) in [6, 6.07) is 8.03.